The molecule has 2 aromatic rings. The van der Waals surface area contributed by atoms with E-state index < -0.39 is 5.97 Å². The lowest BCUT2D eigenvalue weighted by Crippen LogP contribution is -2.05. The first-order valence-corrected chi connectivity index (χ1v) is 5.77. The van der Waals surface area contributed by atoms with E-state index in [2.05, 4.69) is 21.0 Å². The molecule has 0 saturated heterocycles. The quantitative estimate of drug-likeness (QED) is 0.909. The largest absolute Gasteiger partial charge is 0.476 e. The van der Waals surface area contributed by atoms with Crippen LogP contribution in [-0.4, -0.2) is 20.9 Å². The van der Waals surface area contributed by atoms with Crippen molar-refractivity contribution in [3.63, 3.8) is 0 Å². The van der Waals surface area contributed by atoms with E-state index >= 15 is 0 Å². The van der Waals surface area contributed by atoms with Gasteiger partial charge in [-0.3, -0.25) is 4.68 Å². The predicted octanol–water partition coefficient (Wildman–Crippen LogP) is 2.11. The molecular weight excluding hydrogens is 305 g/mol. The second kappa shape index (κ2) is 4.77. The number of nitrogen functional groups attached to an aromatic ring is 1. The highest BCUT2D eigenvalue weighted by atomic mass is 79.9. The molecule has 0 spiro atoms. The van der Waals surface area contributed by atoms with Gasteiger partial charge in [0.2, 0.25) is 0 Å². The Labute approximate surface area is 110 Å². The number of nitrogens with zero attached hydrogens (tertiary/aromatic N) is 2. The van der Waals surface area contributed by atoms with Gasteiger partial charge >= 0.3 is 5.97 Å². The zero-order valence-electron chi connectivity index (χ0n) is 9.10. The van der Waals surface area contributed by atoms with Gasteiger partial charge in [0.15, 0.2) is 5.69 Å². The first-order valence-electron chi connectivity index (χ1n) is 4.97. The van der Waals surface area contributed by atoms with Gasteiger partial charge in [0.1, 0.15) is 5.82 Å². The molecule has 1 aromatic carbocycles. The molecule has 0 saturated carbocycles. The molecule has 0 atom stereocenters. The van der Waals surface area contributed by atoms with Crippen molar-refractivity contribution in [1.29, 1.82) is 0 Å². The number of nitrogens with two attached hydrogens (primary N) is 1. The highest BCUT2D eigenvalue weighted by Crippen LogP contribution is 2.19. The molecule has 0 radical (unpaired) electrons. The van der Waals surface area contributed by atoms with Gasteiger partial charge in [0.05, 0.1) is 12.2 Å². The number of anilines is 1. The lowest BCUT2D eigenvalue weighted by molar-refractivity contribution is 0.0690. The minimum Gasteiger partial charge on any atom is -0.476 e. The number of hydrogen-bond acceptors (Lipinski definition) is 3. The number of rotatable bonds is 3. The average molecular weight is 314 g/mol. The van der Waals surface area contributed by atoms with Crippen LogP contribution in [0.3, 0.4) is 0 Å². The van der Waals surface area contributed by atoms with Crippen molar-refractivity contribution >= 4 is 27.6 Å². The summed E-state index contributed by atoms with van der Waals surface area (Å²) in [5.74, 6) is -1.56. The van der Waals surface area contributed by atoms with Crippen LogP contribution >= 0.6 is 15.9 Å². The minimum absolute atomic E-state index is 0.0787. The van der Waals surface area contributed by atoms with Crippen molar-refractivity contribution in [2.24, 2.45) is 0 Å². The fraction of sp³-hybridized carbons (Fsp3) is 0.0909. The Morgan fingerprint density at radius 2 is 2.28 bits per heavy atom. The molecule has 0 aliphatic carbocycles. The molecule has 0 fully saturated rings. The first-order chi connectivity index (χ1) is 8.47. The minimum atomic E-state index is -1.19. The molecule has 0 aliphatic heterocycles. The van der Waals surface area contributed by atoms with Gasteiger partial charge in [-0.1, -0.05) is 15.9 Å². The average Bonchev–Trinajstić information content (AvgIpc) is 2.65. The number of aromatic nitrogens is 2. The lowest BCUT2D eigenvalue weighted by Gasteiger charge is -2.04. The van der Waals surface area contributed by atoms with Crippen molar-refractivity contribution in [1.82, 2.24) is 9.78 Å². The van der Waals surface area contributed by atoms with Crippen molar-refractivity contribution in [3.05, 3.63) is 45.9 Å². The third-order valence-corrected chi connectivity index (χ3v) is 3.11. The number of carboxylic acids is 1. The van der Waals surface area contributed by atoms with E-state index in [1.54, 1.807) is 6.07 Å². The van der Waals surface area contributed by atoms with Crippen LogP contribution in [-0.2, 0) is 6.54 Å². The summed E-state index contributed by atoms with van der Waals surface area (Å²) < 4.78 is 15.2. The van der Waals surface area contributed by atoms with Crippen LogP contribution < -0.4 is 5.73 Å². The van der Waals surface area contributed by atoms with E-state index in [4.69, 9.17) is 10.8 Å². The van der Waals surface area contributed by atoms with E-state index in [-0.39, 0.29) is 23.7 Å². The fourth-order valence-electron chi connectivity index (χ4n) is 1.52. The van der Waals surface area contributed by atoms with Crippen molar-refractivity contribution in [3.8, 4) is 0 Å². The second-order valence-electron chi connectivity index (χ2n) is 3.67. The Morgan fingerprint density at radius 3 is 2.89 bits per heavy atom. The number of halogens is 2. The van der Waals surface area contributed by atoms with E-state index in [1.165, 1.54) is 23.0 Å². The molecule has 3 N–H and O–H groups in total. The summed E-state index contributed by atoms with van der Waals surface area (Å²) >= 11 is 3.29. The van der Waals surface area contributed by atoms with Crippen LogP contribution in [0.1, 0.15) is 16.1 Å². The number of carboxylic acid groups (broad SMARTS) is 1. The Morgan fingerprint density at radius 1 is 1.56 bits per heavy atom. The number of hydrogen-bond donors (Lipinski definition) is 2. The number of aromatic carboxylic acids is 1. The number of carbonyl (C=O) groups is 1. The van der Waals surface area contributed by atoms with Crippen molar-refractivity contribution in [2.75, 3.05) is 5.73 Å². The number of benzene rings is 1. The maximum absolute atomic E-state index is 13.1. The van der Waals surface area contributed by atoms with Gasteiger partial charge in [-0.15, -0.1) is 0 Å². The molecule has 0 bridgehead atoms. The van der Waals surface area contributed by atoms with Gasteiger partial charge in [-0.05, 0) is 23.8 Å². The molecule has 7 heteroatoms. The summed E-state index contributed by atoms with van der Waals surface area (Å²) in [7, 11) is 0. The summed E-state index contributed by atoms with van der Waals surface area (Å²) in [6.07, 6.45) is 1.40. The molecule has 2 rings (SSSR count). The van der Waals surface area contributed by atoms with Gasteiger partial charge in [-0.25, -0.2) is 9.18 Å². The van der Waals surface area contributed by atoms with Crippen molar-refractivity contribution in [2.45, 2.75) is 6.54 Å². The summed E-state index contributed by atoms with van der Waals surface area (Å²) in [6.45, 7) is 0.232. The maximum atomic E-state index is 13.1. The predicted molar refractivity (Wildman–Crippen MR) is 66.8 cm³/mol. The third kappa shape index (κ3) is 2.51. The highest BCUT2D eigenvalue weighted by Gasteiger charge is 2.13. The topological polar surface area (TPSA) is 81.1 Å². The normalized spacial score (nSPS) is 10.6. The molecular formula is C11H9BrFN3O2. The summed E-state index contributed by atoms with van der Waals surface area (Å²) in [5.41, 5.74) is 6.03. The SMILES string of the molecule is Nc1cn(Cc2cc(F)ccc2Br)nc1C(=O)O. The highest BCUT2D eigenvalue weighted by molar-refractivity contribution is 9.10. The lowest BCUT2D eigenvalue weighted by atomic mass is 10.2. The Kier molecular flexibility index (Phi) is 3.33. The zero-order valence-corrected chi connectivity index (χ0v) is 10.7. The molecule has 18 heavy (non-hydrogen) atoms. The molecule has 0 unspecified atom stereocenters. The fourth-order valence-corrected chi connectivity index (χ4v) is 1.90. The van der Waals surface area contributed by atoms with Crippen LogP contribution in [0.4, 0.5) is 10.1 Å². The van der Waals surface area contributed by atoms with Crippen LogP contribution in [0, 0.1) is 5.82 Å². The van der Waals surface area contributed by atoms with Gasteiger partial charge in [0.25, 0.3) is 0 Å². The van der Waals surface area contributed by atoms with E-state index in [0.717, 1.165) is 4.47 Å². The summed E-state index contributed by atoms with van der Waals surface area (Å²) in [4.78, 5) is 10.8. The summed E-state index contributed by atoms with van der Waals surface area (Å²) in [5, 5.41) is 12.6. The second-order valence-corrected chi connectivity index (χ2v) is 4.53. The van der Waals surface area contributed by atoms with Crippen LogP contribution in [0.25, 0.3) is 0 Å². The maximum Gasteiger partial charge on any atom is 0.358 e. The molecule has 0 amide bonds. The Bertz CT molecular complexity index is 612. The molecule has 0 aliphatic rings. The van der Waals surface area contributed by atoms with Crippen LogP contribution in [0.15, 0.2) is 28.9 Å². The zero-order chi connectivity index (χ0) is 13.3. The van der Waals surface area contributed by atoms with Crippen LogP contribution in [0.5, 0.6) is 0 Å². The molecule has 1 heterocycles. The van der Waals surface area contributed by atoms with Gasteiger partial charge in [-0.2, -0.15) is 5.10 Å². The Balaban J connectivity index is 2.31. The first kappa shape index (κ1) is 12.6. The van der Waals surface area contributed by atoms with Crippen molar-refractivity contribution < 1.29 is 14.3 Å². The van der Waals surface area contributed by atoms with Gasteiger partial charge < -0.3 is 10.8 Å². The van der Waals surface area contributed by atoms with Gasteiger partial charge in [0, 0.05) is 10.7 Å². The monoisotopic (exact) mass is 313 g/mol. The van der Waals surface area contributed by atoms with Crippen LogP contribution in [0.2, 0.25) is 0 Å². The van der Waals surface area contributed by atoms with E-state index in [0.29, 0.717) is 5.56 Å². The molecule has 94 valence electrons. The third-order valence-electron chi connectivity index (χ3n) is 2.33. The Hall–Kier alpha value is -1.89. The smallest absolute Gasteiger partial charge is 0.358 e. The van der Waals surface area contributed by atoms with E-state index in [9.17, 15) is 9.18 Å². The summed E-state index contributed by atoms with van der Waals surface area (Å²) in [6, 6.07) is 4.26. The molecule has 1 aromatic heterocycles. The van der Waals surface area contributed by atoms with E-state index in [1.807, 2.05) is 0 Å². The standard InChI is InChI=1S/C11H9BrFN3O2/c12-8-2-1-7(13)3-6(8)4-16-5-9(14)10(15-16)11(17)18/h1-3,5H,4,14H2,(H,17,18). The molecule has 5 nitrogen and oxygen atoms in total.